The maximum Gasteiger partial charge on any atom is 0.0939 e. The molecule has 0 unspecified atom stereocenters. The third-order valence-corrected chi connectivity index (χ3v) is 9.78. The van der Waals surface area contributed by atoms with Gasteiger partial charge in [0.1, 0.15) is 0 Å². The quantitative estimate of drug-likeness (QED) is 0.274. The van der Waals surface area contributed by atoms with Crippen molar-refractivity contribution in [3.8, 4) is 0 Å². The van der Waals surface area contributed by atoms with Gasteiger partial charge in [-0.05, 0) is 31.4 Å². The van der Waals surface area contributed by atoms with Crippen LogP contribution in [0.4, 0.5) is 0 Å². The topological polar surface area (TPSA) is 0 Å². The lowest BCUT2D eigenvalue weighted by atomic mass is 10.3. The molecule has 0 fully saturated rings. The normalized spacial score (nSPS) is 11.8. The molecule has 0 radical (unpaired) electrons. The zero-order chi connectivity index (χ0) is 16.1. The summed E-state index contributed by atoms with van der Waals surface area (Å²) < 4.78 is 0. The Kier molecular flexibility index (Phi) is 10.9. The second-order valence-electron chi connectivity index (χ2n) is 6.77. The van der Waals surface area contributed by atoms with Crippen molar-refractivity contribution in [2.24, 2.45) is 0 Å². The summed E-state index contributed by atoms with van der Waals surface area (Å²) in [6.45, 7) is 6.99. The third-order valence-electron chi connectivity index (χ3n) is 4.87. The molecule has 126 valence electrons. The summed E-state index contributed by atoms with van der Waals surface area (Å²) in [4.78, 5) is 0. The molecule has 1 heteroatoms. The number of unbranched alkanes of at least 4 members (excludes halogenated alkanes) is 6. The zero-order valence-corrected chi connectivity index (χ0v) is 16.2. The summed E-state index contributed by atoms with van der Waals surface area (Å²) >= 11 is 0. The van der Waals surface area contributed by atoms with Crippen LogP contribution in [0.5, 0.6) is 0 Å². The second-order valence-corrected chi connectivity index (χ2v) is 10.9. The van der Waals surface area contributed by atoms with E-state index in [0.717, 1.165) is 0 Å². The van der Waals surface area contributed by atoms with Gasteiger partial charge < -0.3 is 0 Å². The molecule has 0 nitrogen and oxygen atoms in total. The SMILES string of the molecule is CCCCC[P+](CCCCC)(CCCCC)c1ccccc1. The van der Waals surface area contributed by atoms with Crippen molar-refractivity contribution in [2.45, 2.75) is 78.6 Å². The van der Waals surface area contributed by atoms with Gasteiger partial charge in [0, 0.05) is 7.26 Å². The van der Waals surface area contributed by atoms with Gasteiger partial charge >= 0.3 is 0 Å². The molecule has 0 saturated heterocycles. The molecular formula is C21H38P+. The molecule has 22 heavy (non-hydrogen) atoms. The van der Waals surface area contributed by atoms with Crippen LogP contribution in [0.3, 0.4) is 0 Å². The molecule has 0 saturated carbocycles. The molecule has 0 amide bonds. The lowest BCUT2D eigenvalue weighted by Crippen LogP contribution is -2.21. The van der Waals surface area contributed by atoms with Crippen molar-refractivity contribution in [1.82, 2.24) is 0 Å². The molecule has 1 rings (SSSR count). The maximum atomic E-state index is 2.44. The van der Waals surface area contributed by atoms with Crippen molar-refractivity contribution in [2.75, 3.05) is 18.5 Å². The first-order valence-electron chi connectivity index (χ1n) is 9.70. The highest BCUT2D eigenvalue weighted by Gasteiger charge is 2.37. The van der Waals surface area contributed by atoms with Crippen LogP contribution in [0, 0.1) is 0 Å². The Bertz CT molecular complexity index is 331. The van der Waals surface area contributed by atoms with Crippen LogP contribution < -0.4 is 5.30 Å². The van der Waals surface area contributed by atoms with E-state index in [1.165, 1.54) is 76.3 Å². The van der Waals surface area contributed by atoms with Gasteiger partial charge in [-0.2, -0.15) is 0 Å². The van der Waals surface area contributed by atoms with Crippen molar-refractivity contribution in [3.05, 3.63) is 30.3 Å². The van der Waals surface area contributed by atoms with Crippen molar-refractivity contribution in [3.63, 3.8) is 0 Å². The fraction of sp³-hybridized carbons (Fsp3) is 0.714. The smallest absolute Gasteiger partial charge is 0.0654 e. The second kappa shape index (κ2) is 12.1. The Labute approximate surface area is 140 Å². The minimum atomic E-state index is -0.938. The Balaban J connectivity index is 2.88. The highest BCUT2D eigenvalue weighted by molar-refractivity contribution is 7.82. The lowest BCUT2D eigenvalue weighted by Gasteiger charge is -2.28. The molecule has 0 bridgehead atoms. The predicted molar refractivity (Wildman–Crippen MR) is 106 cm³/mol. The first-order valence-corrected chi connectivity index (χ1v) is 12.0. The van der Waals surface area contributed by atoms with Crippen LogP contribution in [0.1, 0.15) is 78.6 Å². The van der Waals surface area contributed by atoms with Crippen molar-refractivity contribution in [1.29, 1.82) is 0 Å². The van der Waals surface area contributed by atoms with Crippen LogP contribution >= 0.6 is 7.26 Å². The van der Waals surface area contributed by atoms with E-state index in [4.69, 9.17) is 0 Å². The van der Waals surface area contributed by atoms with E-state index in [9.17, 15) is 0 Å². The van der Waals surface area contributed by atoms with E-state index in [1.54, 1.807) is 5.30 Å². The predicted octanol–water partition coefficient (Wildman–Crippen LogP) is 6.90. The van der Waals surface area contributed by atoms with Crippen LogP contribution in [-0.2, 0) is 0 Å². The molecule has 0 spiro atoms. The highest BCUT2D eigenvalue weighted by Crippen LogP contribution is 2.59. The molecule has 0 heterocycles. The van der Waals surface area contributed by atoms with Gasteiger partial charge in [0.05, 0.1) is 23.8 Å². The van der Waals surface area contributed by atoms with Gasteiger partial charge in [-0.1, -0.05) is 77.5 Å². The van der Waals surface area contributed by atoms with E-state index in [0.29, 0.717) is 0 Å². The van der Waals surface area contributed by atoms with Gasteiger partial charge in [-0.25, -0.2) is 0 Å². The van der Waals surface area contributed by atoms with E-state index >= 15 is 0 Å². The molecule has 1 aromatic carbocycles. The highest BCUT2D eigenvalue weighted by atomic mass is 31.2. The summed E-state index contributed by atoms with van der Waals surface area (Å²) in [5.74, 6) is 0. The molecule has 0 aromatic heterocycles. The minimum Gasteiger partial charge on any atom is -0.0654 e. The van der Waals surface area contributed by atoms with Crippen LogP contribution in [-0.4, -0.2) is 18.5 Å². The molecule has 0 atom stereocenters. The molecule has 1 aromatic rings. The Morgan fingerprint density at radius 3 is 1.36 bits per heavy atom. The van der Waals surface area contributed by atoms with E-state index in [1.807, 2.05) is 0 Å². The Morgan fingerprint density at radius 2 is 1.00 bits per heavy atom. The van der Waals surface area contributed by atoms with Crippen LogP contribution in [0.2, 0.25) is 0 Å². The Morgan fingerprint density at radius 1 is 0.591 bits per heavy atom. The molecule has 0 aliphatic carbocycles. The third kappa shape index (κ3) is 6.82. The van der Waals surface area contributed by atoms with Gasteiger partial charge in [0.15, 0.2) is 0 Å². The van der Waals surface area contributed by atoms with Crippen LogP contribution in [0.25, 0.3) is 0 Å². The fourth-order valence-electron chi connectivity index (χ4n) is 3.46. The molecule has 0 aliphatic rings. The zero-order valence-electron chi connectivity index (χ0n) is 15.3. The number of hydrogen-bond acceptors (Lipinski definition) is 0. The molecule has 0 N–H and O–H groups in total. The van der Waals surface area contributed by atoms with Gasteiger partial charge in [0.2, 0.25) is 0 Å². The number of hydrogen-bond donors (Lipinski definition) is 0. The van der Waals surface area contributed by atoms with Crippen LogP contribution in [0.15, 0.2) is 30.3 Å². The van der Waals surface area contributed by atoms with E-state index in [-0.39, 0.29) is 0 Å². The van der Waals surface area contributed by atoms with Gasteiger partial charge in [-0.15, -0.1) is 0 Å². The van der Waals surface area contributed by atoms with Gasteiger partial charge in [-0.3, -0.25) is 0 Å². The van der Waals surface area contributed by atoms with Gasteiger partial charge in [0.25, 0.3) is 0 Å². The average Bonchev–Trinajstić information content (AvgIpc) is 2.56. The molecule has 0 aliphatic heterocycles. The summed E-state index contributed by atoms with van der Waals surface area (Å²) in [7, 11) is -0.938. The summed E-state index contributed by atoms with van der Waals surface area (Å²) in [6.07, 6.45) is 17.1. The van der Waals surface area contributed by atoms with E-state index < -0.39 is 7.26 Å². The van der Waals surface area contributed by atoms with Crippen molar-refractivity contribution >= 4 is 12.6 Å². The minimum absolute atomic E-state index is 0.938. The summed E-state index contributed by atoms with van der Waals surface area (Å²) in [5.41, 5.74) is 0. The average molecular weight is 322 g/mol. The van der Waals surface area contributed by atoms with Crippen molar-refractivity contribution < 1.29 is 0 Å². The maximum absolute atomic E-state index is 2.44. The lowest BCUT2D eigenvalue weighted by molar-refractivity contribution is 0.745. The number of benzene rings is 1. The first kappa shape index (κ1) is 19.7. The monoisotopic (exact) mass is 321 g/mol. The summed E-state index contributed by atoms with van der Waals surface area (Å²) in [6, 6.07) is 11.6. The number of rotatable bonds is 13. The molecular weight excluding hydrogens is 283 g/mol. The fourth-order valence-corrected chi connectivity index (χ4v) is 8.20. The summed E-state index contributed by atoms with van der Waals surface area (Å²) in [5, 5.41) is 1.72. The Hall–Kier alpha value is -0.350. The standard InChI is InChI=1S/C21H38P/c1-4-7-13-18-22(19-14-8-5-2,20-15-9-6-3)21-16-11-10-12-17-21/h10-12,16-17H,4-9,13-15,18-20H2,1-3H3/q+1. The van der Waals surface area contributed by atoms with E-state index in [2.05, 4.69) is 51.1 Å². The first-order chi connectivity index (χ1) is 10.8. The largest absolute Gasteiger partial charge is 0.0939 e.